The van der Waals surface area contributed by atoms with Crippen LogP contribution >= 0.6 is 0 Å². The van der Waals surface area contributed by atoms with E-state index in [9.17, 15) is 4.79 Å². The van der Waals surface area contributed by atoms with Gasteiger partial charge < -0.3 is 14.1 Å². The van der Waals surface area contributed by atoms with E-state index in [2.05, 4.69) is 25.4 Å². The standard InChI is InChI=1S/C23H22N6O3/c30-22(19-16-3-1-2-4-18(16)25-26-19)29-13-17(23(14-29)7-11-31-12-8-23)21-28-27-20(32-21)15-5-9-24-10-6-15/h1-6,9-10,17H,7-8,11-14H2,(H,25,26). The molecule has 5 heterocycles. The fourth-order valence-corrected chi connectivity index (χ4v) is 5.01. The van der Waals surface area contributed by atoms with Gasteiger partial charge in [0.15, 0.2) is 5.69 Å². The normalized spacial score (nSPS) is 20.2. The van der Waals surface area contributed by atoms with Crippen molar-refractivity contribution in [3.63, 3.8) is 0 Å². The number of pyridine rings is 1. The van der Waals surface area contributed by atoms with Crippen molar-refractivity contribution in [1.29, 1.82) is 0 Å². The molecule has 1 amide bonds. The van der Waals surface area contributed by atoms with Crippen molar-refractivity contribution in [1.82, 2.24) is 30.3 Å². The fourth-order valence-electron chi connectivity index (χ4n) is 5.01. The Bertz CT molecular complexity index is 1260. The van der Waals surface area contributed by atoms with Gasteiger partial charge in [0.25, 0.3) is 5.91 Å². The first-order chi connectivity index (χ1) is 15.7. The highest BCUT2D eigenvalue weighted by molar-refractivity contribution is 6.04. The van der Waals surface area contributed by atoms with Crippen LogP contribution < -0.4 is 0 Å². The van der Waals surface area contributed by atoms with Crippen LogP contribution in [0.2, 0.25) is 0 Å². The lowest BCUT2D eigenvalue weighted by Crippen LogP contribution is -2.37. The quantitative estimate of drug-likeness (QED) is 0.532. The molecule has 9 nitrogen and oxygen atoms in total. The third kappa shape index (κ3) is 3.08. The zero-order chi connectivity index (χ0) is 21.5. The van der Waals surface area contributed by atoms with E-state index in [0.29, 0.717) is 43.8 Å². The third-order valence-corrected chi connectivity index (χ3v) is 6.76. The molecule has 2 saturated heterocycles. The third-order valence-electron chi connectivity index (χ3n) is 6.76. The smallest absolute Gasteiger partial charge is 0.275 e. The monoisotopic (exact) mass is 430 g/mol. The summed E-state index contributed by atoms with van der Waals surface area (Å²) in [6.07, 6.45) is 5.08. The van der Waals surface area contributed by atoms with E-state index in [0.717, 1.165) is 29.3 Å². The lowest BCUT2D eigenvalue weighted by molar-refractivity contribution is 0.00906. The number of H-pyrrole nitrogens is 1. The Morgan fingerprint density at radius 3 is 2.75 bits per heavy atom. The minimum absolute atomic E-state index is 0.0522. The number of nitrogens with zero attached hydrogens (tertiary/aromatic N) is 5. The topological polar surface area (TPSA) is 110 Å². The Kier molecular flexibility index (Phi) is 4.50. The maximum atomic E-state index is 13.5. The molecule has 0 aliphatic carbocycles. The summed E-state index contributed by atoms with van der Waals surface area (Å²) in [5, 5.41) is 16.8. The van der Waals surface area contributed by atoms with E-state index in [-0.39, 0.29) is 17.2 Å². The molecule has 2 aliphatic rings. The molecule has 1 spiro atoms. The van der Waals surface area contributed by atoms with E-state index in [4.69, 9.17) is 9.15 Å². The summed E-state index contributed by atoms with van der Waals surface area (Å²) in [7, 11) is 0. The Morgan fingerprint density at radius 2 is 1.91 bits per heavy atom. The van der Waals surface area contributed by atoms with E-state index >= 15 is 0 Å². The molecule has 0 radical (unpaired) electrons. The number of aromatic amines is 1. The summed E-state index contributed by atoms with van der Waals surface area (Å²) in [4.78, 5) is 19.4. The van der Waals surface area contributed by atoms with Crippen LogP contribution in [-0.2, 0) is 4.74 Å². The molecular formula is C23H22N6O3. The largest absolute Gasteiger partial charge is 0.420 e. The minimum atomic E-state index is -0.151. The number of amides is 1. The predicted molar refractivity (Wildman–Crippen MR) is 115 cm³/mol. The van der Waals surface area contributed by atoms with Gasteiger partial charge in [-0.25, -0.2) is 0 Å². The number of para-hydroxylation sites is 1. The molecule has 162 valence electrons. The predicted octanol–water partition coefficient (Wildman–Crippen LogP) is 3.04. The van der Waals surface area contributed by atoms with Crippen molar-refractivity contribution in [3.8, 4) is 11.5 Å². The van der Waals surface area contributed by atoms with Gasteiger partial charge >= 0.3 is 0 Å². The van der Waals surface area contributed by atoms with Crippen LogP contribution in [0.5, 0.6) is 0 Å². The number of rotatable bonds is 3. The van der Waals surface area contributed by atoms with Crippen molar-refractivity contribution in [3.05, 3.63) is 60.4 Å². The summed E-state index contributed by atoms with van der Waals surface area (Å²) in [5.74, 6) is 0.905. The molecule has 32 heavy (non-hydrogen) atoms. The molecular weight excluding hydrogens is 408 g/mol. The second-order valence-corrected chi connectivity index (χ2v) is 8.51. The van der Waals surface area contributed by atoms with Crippen LogP contribution in [0.25, 0.3) is 22.4 Å². The van der Waals surface area contributed by atoms with Gasteiger partial charge in [0.1, 0.15) is 0 Å². The van der Waals surface area contributed by atoms with E-state index < -0.39 is 0 Å². The highest BCUT2D eigenvalue weighted by Crippen LogP contribution is 2.49. The molecule has 1 N–H and O–H groups in total. The number of carbonyl (C=O) groups excluding carboxylic acids is 1. The Hall–Kier alpha value is -3.59. The van der Waals surface area contributed by atoms with Crippen molar-refractivity contribution < 1.29 is 13.9 Å². The second kappa shape index (κ2) is 7.52. The van der Waals surface area contributed by atoms with Gasteiger partial charge in [0.2, 0.25) is 11.8 Å². The maximum Gasteiger partial charge on any atom is 0.275 e. The molecule has 0 saturated carbocycles. The van der Waals surface area contributed by atoms with E-state index in [1.165, 1.54) is 0 Å². The number of ether oxygens (including phenoxy) is 1. The highest BCUT2D eigenvalue weighted by Gasteiger charge is 2.52. The van der Waals surface area contributed by atoms with Crippen molar-refractivity contribution in [2.24, 2.45) is 5.41 Å². The molecule has 1 unspecified atom stereocenters. The summed E-state index contributed by atoms with van der Waals surface area (Å²) in [6.45, 7) is 2.45. The van der Waals surface area contributed by atoms with Gasteiger partial charge in [-0.3, -0.25) is 14.9 Å². The minimum Gasteiger partial charge on any atom is -0.420 e. The molecule has 1 aromatic carbocycles. The van der Waals surface area contributed by atoms with Gasteiger partial charge in [0.05, 0.1) is 11.4 Å². The summed E-state index contributed by atoms with van der Waals surface area (Å²) in [6, 6.07) is 11.4. The van der Waals surface area contributed by atoms with Gasteiger partial charge in [-0.15, -0.1) is 10.2 Å². The molecule has 0 bridgehead atoms. The van der Waals surface area contributed by atoms with E-state index in [1.54, 1.807) is 12.4 Å². The molecule has 6 rings (SSSR count). The Morgan fingerprint density at radius 1 is 1.09 bits per heavy atom. The number of likely N-dealkylation sites (tertiary alicyclic amines) is 1. The lowest BCUT2D eigenvalue weighted by atomic mass is 9.72. The van der Waals surface area contributed by atoms with Gasteiger partial charge in [0, 0.05) is 55.1 Å². The average Bonchev–Trinajstić information content (AvgIpc) is 3.57. The number of hydrogen-bond acceptors (Lipinski definition) is 7. The van der Waals surface area contributed by atoms with Crippen LogP contribution in [0.15, 0.2) is 53.2 Å². The molecule has 1 atom stereocenters. The zero-order valence-corrected chi connectivity index (χ0v) is 17.4. The number of fused-ring (bicyclic) bond motifs is 1. The number of aromatic nitrogens is 5. The number of benzene rings is 1. The molecule has 9 heteroatoms. The van der Waals surface area contributed by atoms with Crippen molar-refractivity contribution in [2.75, 3.05) is 26.3 Å². The van der Waals surface area contributed by atoms with Crippen molar-refractivity contribution in [2.45, 2.75) is 18.8 Å². The number of carbonyl (C=O) groups is 1. The van der Waals surface area contributed by atoms with Crippen LogP contribution in [0.3, 0.4) is 0 Å². The maximum absolute atomic E-state index is 13.5. The van der Waals surface area contributed by atoms with Crippen LogP contribution in [0.4, 0.5) is 0 Å². The fraction of sp³-hybridized carbons (Fsp3) is 0.348. The second-order valence-electron chi connectivity index (χ2n) is 8.51. The molecule has 2 aliphatic heterocycles. The molecule has 2 fully saturated rings. The SMILES string of the molecule is O=C(c1n[nH]c2ccccc12)N1CC(c2nnc(-c3ccncc3)o2)C2(CCOCC2)C1. The van der Waals surface area contributed by atoms with Crippen LogP contribution in [0.1, 0.15) is 35.1 Å². The number of nitrogens with one attached hydrogen (secondary N) is 1. The lowest BCUT2D eigenvalue weighted by Gasteiger charge is -2.36. The Balaban J connectivity index is 1.34. The first-order valence-electron chi connectivity index (χ1n) is 10.8. The summed E-state index contributed by atoms with van der Waals surface area (Å²) in [5.41, 5.74) is 1.98. The first kappa shape index (κ1) is 19.1. The molecule has 4 aromatic rings. The Labute approximate surface area is 183 Å². The summed E-state index contributed by atoms with van der Waals surface area (Å²) < 4.78 is 11.8. The highest BCUT2D eigenvalue weighted by atomic mass is 16.5. The van der Waals surface area contributed by atoms with E-state index in [1.807, 2.05) is 41.3 Å². The van der Waals surface area contributed by atoms with Crippen LogP contribution in [-0.4, -0.2) is 62.5 Å². The van der Waals surface area contributed by atoms with Gasteiger partial charge in [-0.1, -0.05) is 18.2 Å². The molecule has 3 aromatic heterocycles. The van der Waals surface area contributed by atoms with Crippen molar-refractivity contribution >= 4 is 16.8 Å². The van der Waals surface area contributed by atoms with Gasteiger partial charge in [-0.2, -0.15) is 5.10 Å². The summed E-state index contributed by atoms with van der Waals surface area (Å²) >= 11 is 0. The van der Waals surface area contributed by atoms with Gasteiger partial charge in [-0.05, 0) is 31.0 Å². The number of hydrogen-bond donors (Lipinski definition) is 1. The first-order valence-corrected chi connectivity index (χ1v) is 10.8. The zero-order valence-electron chi connectivity index (χ0n) is 17.4. The average molecular weight is 430 g/mol. The van der Waals surface area contributed by atoms with Crippen LogP contribution in [0, 0.1) is 5.41 Å².